The van der Waals surface area contributed by atoms with Gasteiger partial charge >= 0.3 is 0 Å². The van der Waals surface area contributed by atoms with E-state index in [0.29, 0.717) is 12.6 Å². The third-order valence-corrected chi connectivity index (χ3v) is 3.70. The Labute approximate surface area is 114 Å². The molecule has 1 aromatic carbocycles. The molecule has 3 nitrogen and oxygen atoms in total. The molecule has 2 rings (SSSR count). The van der Waals surface area contributed by atoms with Crippen LogP contribution in [0.25, 0.3) is 0 Å². The van der Waals surface area contributed by atoms with Crippen LogP contribution < -0.4 is 5.32 Å². The Morgan fingerprint density at radius 3 is 2.50 bits per heavy atom. The average Bonchev–Trinajstić information content (AvgIpc) is 2.41. The van der Waals surface area contributed by atoms with Crippen molar-refractivity contribution in [3.8, 4) is 0 Å². The third kappa shape index (κ3) is 4.25. The van der Waals surface area contributed by atoms with Gasteiger partial charge in [-0.15, -0.1) is 0 Å². The largest absolute Gasteiger partial charge is 0.395 e. The number of likely N-dealkylation sites (tertiary alicyclic amines) is 1. The summed E-state index contributed by atoms with van der Waals surface area (Å²) < 4.78 is 0. The summed E-state index contributed by atoms with van der Waals surface area (Å²) in [5.74, 6) is 0. The first-order chi connectivity index (χ1) is 8.78. The van der Waals surface area contributed by atoms with Crippen molar-refractivity contribution in [1.82, 2.24) is 10.2 Å². The molecule has 0 bridgehead atoms. The SMILES string of the molecule is OCCNC1CCN(Cc2ccc(Cl)cc2)CC1. The fourth-order valence-electron chi connectivity index (χ4n) is 2.41. The lowest BCUT2D eigenvalue weighted by Gasteiger charge is -2.32. The van der Waals surface area contributed by atoms with Crippen molar-refractivity contribution in [2.24, 2.45) is 0 Å². The van der Waals surface area contributed by atoms with E-state index in [0.717, 1.165) is 37.5 Å². The number of aliphatic hydroxyl groups excluding tert-OH is 1. The van der Waals surface area contributed by atoms with E-state index in [1.165, 1.54) is 5.56 Å². The van der Waals surface area contributed by atoms with Gasteiger partial charge in [-0.05, 0) is 43.6 Å². The van der Waals surface area contributed by atoms with Crippen LogP contribution in [0.4, 0.5) is 0 Å². The number of nitrogens with zero attached hydrogens (tertiary/aromatic N) is 1. The Hall–Kier alpha value is -0.610. The van der Waals surface area contributed by atoms with Gasteiger partial charge in [0, 0.05) is 24.2 Å². The van der Waals surface area contributed by atoms with Crippen LogP contribution in [0, 0.1) is 0 Å². The molecule has 0 atom stereocenters. The normalized spacial score (nSPS) is 18.1. The van der Waals surface area contributed by atoms with Gasteiger partial charge in [0.25, 0.3) is 0 Å². The predicted molar refractivity (Wildman–Crippen MR) is 74.8 cm³/mol. The van der Waals surface area contributed by atoms with Gasteiger partial charge < -0.3 is 10.4 Å². The van der Waals surface area contributed by atoms with E-state index in [1.807, 2.05) is 12.1 Å². The maximum absolute atomic E-state index is 8.78. The summed E-state index contributed by atoms with van der Waals surface area (Å²) in [6.07, 6.45) is 2.32. The number of benzene rings is 1. The number of hydrogen-bond acceptors (Lipinski definition) is 3. The van der Waals surface area contributed by atoms with Crippen LogP contribution in [-0.4, -0.2) is 42.3 Å². The van der Waals surface area contributed by atoms with Crippen molar-refractivity contribution < 1.29 is 5.11 Å². The van der Waals surface area contributed by atoms with E-state index in [2.05, 4.69) is 22.3 Å². The smallest absolute Gasteiger partial charge is 0.0556 e. The van der Waals surface area contributed by atoms with E-state index >= 15 is 0 Å². The molecular formula is C14H21ClN2O. The van der Waals surface area contributed by atoms with Gasteiger partial charge in [0.05, 0.1) is 6.61 Å². The van der Waals surface area contributed by atoms with Gasteiger partial charge in [-0.25, -0.2) is 0 Å². The van der Waals surface area contributed by atoms with E-state index < -0.39 is 0 Å². The molecule has 1 aliphatic heterocycles. The number of piperidine rings is 1. The van der Waals surface area contributed by atoms with Gasteiger partial charge in [0.1, 0.15) is 0 Å². The summed E-state index contributed by atoms with van der Waals surface area (Å²) in [4.78, 5) is 2.47. The summed E-state index contributed by atoms with van der Waals surface area (Å²) in [7, 11) is 0. The molecular weight excluding hydrogens is 248 g/mol. The number of nitrogens with one attached hydrogen (secondary N) is 1. The average molecular weight is 269 g/mol. The molecule has 1 aromatic rings. The Morgan fingerprint density at radius 2 is 1.89 bits per heavy atom. The molecule has 0 amide bonds. The van der Waals surface area contributed by atoms with Crippen molar-refractivity contribution in [2.45, 2.75) is 25.4 Å². The fraction of sp³-hybridized carbons (Fsp3) is 0.571. The molecule has 1 heterocycles. The van der Waals surface area contributed by atoms with Gasteiger partial charge in [-0.2, -0.15) is 0 Å². The molecule has 0 saturated carbocycles. The van der Waals surface area contributed by atoms with Crippen LogP contribution in [0.5, 0.6) is 0 Å². The summed E-state index contributed by atoms with van der Waals surface area (Å²) in [5.41, 5.74) is 1.32. The first-order valence-corrected chi connectivity index (χ1v) is 6.97. The Kier molecular flexibility index (Phi) is 5.45. The summed E-state index contributed by atoms with van der Waals surface area (Å²) in [5, 5.41) is 12.9. The van der Waals surface area contributed by atoms with Crippen molar-refractivity contribution in [3.05, 3.63) is 34.9 Å². The van der Waals surface area contributed by atoms with Crippen molar-refractivity contribution in [3.63, 3.8) is 0 Å². The zero-order chi connectivity index (χ0) is 12.8. The van der Waals surface area contributed by atoms with E-state index in [1.54, 1.807) is 0 Å². The predicted octanol–water partition coefficient (Wildman–Crippen LogP) is 1.89. The second-order valence-electron chi connectivity index (χ2n) is 4.85. The molecule has 0 spiro atoms. The first kappa shape index (κ1) is 13.8. The van der Waals surface area contributed by atoms with Gasteiger partial charge in [-0.3, -0.25) is 4.90 Å². The highest BCUT2D eigenvalue weighted by Gasteiger charge is 2.18. The number of aliphatic hydroxyl groups is 1. The number of rotatable bonds is 5. The minimum atomic E-state index is 0.227. The van der Waals surface area contributed by atoms with E-state index in [-0.39, 0.29) is 6.61 Å². The molecule has 1 aliphatic rings. The minimum Gasteiger partial charge on any atom is -0.395 e. The number of halogens is 1. The first-order valence-electron chi connectivity index (χ1n) is 6.59. The second-order valence-corrected chi connectivity index (χ2v) is 5.29. The van der Waals surface area contributed by atoms with Gasteiger partial charge in [-0.1, -0.05) is 23.7 Å². The summed E-state index contributed by atoms with van der Waals surface area (Å²) in [6.45, 7) is 4.17. The lowest BCUT2D eigenvalue weighted by Crippen LogP contribution is -2.42. The zero-order valence-electron chi connectivity index (χ0n) is 10.6. The minimum absolute atomic E-state index is 0.227. The van der Waals surface area contributed by atoms with Crippen LogP contribution in [0.15, 0.2) is 24.3 Å². The Bertz CT molecular complexity index is 347. The molecule has 0 aromatic heterocycles. The van der Waals surface area contributed by atoms with Gasteiger partial charge in [0.2, 0.25) is 0 Å². The van der Waals surface area contributed by atoms with Crippen molar-refractivity contribution >= 4 is 11.6 Å². The van der Waals surface area contributed by atoms with Crippen molar-refractivity contribution in [1.29, 1.82) is 0 Å². The topological polar surface area (TPSA) is 35.5 Å². The Balaban J connectivity index is 1.74. The van der Waals surface area contributed by atoms with Crippen molar-refractivity contribution in [2.75, 3.05) is 26.2 Å². The van der Waals surface area contributed by atoms with E-state index in [9.17, 15) is 0 Å². The number of hydrogen-bond donors (Lipinski definition) is 2. The fourth-order valence-corrected chi connectivity index (χ4v) is 2.54. The summed E-state index contributed by atoms with van der Waals surface area (Å²) in [6, 6.07) is 8.66. The molecule has 4 heteroatoms. The highest BCUT2D eigenvalue weighted by atomic mass is 35.5. The Morgan fingerprint density at radius 1 is 1.22 bits per heavy atom. The molecule has 2 N–H and O–H groups in total. The van der Waals surface area contributed by atoms with Gasteiger partial charge in [0.15, 0.2) is 0 Å². The lowest BCUT2D eigenvalue weighted by atomic mass is 10.0. The molecule has 0 radical (unpaired) electrons. The highest BCUT2D eigenvalue weighted by Crippen LogP contribution is 2.15. The maximum Gasteiger partial charge on any atom is 0.0556 e. The molecule has 1 fully saturated rings. The quantitative estimate of drug-likeness (QED) is 0.856. The van der Waals surface area contributed by atoms with Crippen LogP contribution in [0.1, 0.15) is 18.4 Å². The monoisotopic (exact) mass is 268 g/mol. The molecule has 0 aliphatic carbocycles. The van der Waals surface area contributed by atoms with Crippen LogP contribution in [0.2, 0.25) is 5.02 Å². The van der Waals surface area contributed by atoms with E-state index in [4.69, 9.17) is 16.7 Å². The summed E-state index contributed by atoms with van der Waals surface area (Å²) >= 11 is 5.88. The maximum atomic E-state index is 8.78. The second kappa shape index (κ2) is 7.10. The molecule has 0 unspecified atom stereocenters. The van der Waals surface area contributed by atoms with Crippen LogP contribution >= 0.6 is 11.6 Å². The highest BCUT2D eigenvalue weighted by molar-refractivity contribution is 6.30. The third-order valence-electron chi connectivity index (χ3n) is 3.45. The lowest BCUT2D eigenvalue weighted by molar-refractivity contribution is 0.184. The molecule has 1 saturated heterocycles. The zero-order valence-corrected chi connectivity index (χ0v) is 11.4. The standard InChI is InChI=1S/C14H21ClN2O/c15-13-3-1-12(2-4-13)11-17-8-5-14(6-9-17)16-7-10-18/h1-4,14,16,18H,5-11H2. The molecule has 100 valence electrons. The van der Waals surface area contributed by atoms with Crippen LogP contribution in [0.3, 0.4) is 0 Å². The molecule has 18 heavy (non-hydrogen) atoms. The van der Waals surface area contributed by atoms with Crippen LogP contribution in [-0.2, 0) is 6.54 Å².